The zero-order chi connectivity index (χ0) is 21.8. The Hall–Kier alpha value is -1.83. The van der Waals surface area contributed by atoms with E-state index in [1.807, 2.05) is 48.7 Å². The SMILES string of the molecule is S=C(Nc1ccn(Cc2c(Cl)cccc2Cl)n1)N1CCN(Cc2cccc(Cl)c2)CC1. The van der Waals surface area contributed by atoms with E-state index in [0.717, 1.165) is 43.3 Å². The van der Waals surface area contributed by atoms with Gasteiger partial charge >= 0.3 is 0 Å². The molecule has 0 spiro atoms. The fourth-order valence-corrected chi connectivity index (χ4v) is 4.57. The fourth-order valence-electron chi connectivity index (χ4n) is 3.55. The smallest absolute Gasteiger partial charge is 0.174 e. The van der Waals surface area contributed by atoms with Gasteiger partial charge in [-0.25, -0.2) is 0 Å². The molecule has 0 atom stereocenters. The van der Waals surface area contributed by atoms with E-state index in [0.29, 0.717) is 27.5 Å². The van der Waals surface area contributed by atoms with E-state index in [9.17, 15) is 0 Å². The number of hydrogen-bond donors (Lipinski definition) is 1. The molecule has 0 unspecified atom stereocenters. The lowest BCUT2D eigenvalue weighted by Crippen LogP contribution is -2.49. The Morgan fingerprint density at radius 2 is 1.65 bits per heavy atom. The minimum absolute atomic E-state index is 0.495. The predicted octanol–water partition coefficient (Wildman–Crippen LogP) is 5.41. The molecule has 1 N–H and O–H groups in total. The summed E-state index contributed by atoms with van der Waals surface area (Å²) in [6, 6.07) is 15.4. The van der Waals surface area contributed by atoms with Crippen molar-refractivity contribution in [1.82, 2.24) is 19.6 Å². The van der Waals surface area contributed by atoms with E-state index in [1.54, 1.807) is 4.68 Å². The molecule has 0 amide bonds. The summed E-state index contributed by atoms with van der Waals surface area (Å²) >= 11 is 24.2. The highest BCUT2D eigenvalue weighted by atomic mass is 35.5. The quantitative estimate of drug-likeness (QED) is 0.480. The van der Waals surface area contributed by atoms with Gasteiger partial charge in [-0.2, -0.15) is 5.10 Å². The summed E-state index contributed by atoms with van der Waals surface area (Å²) < 4.78 is 1.79. The summed E-state index contributed by atoms with van der Waals surface area (Å²) in [4.78, 5) is 4.58. The molecular formula is C22H22Cl3N5S. The molecule has 5 nitrogen and oxygen atoms in total. The molecule has 1 fully saturated rings. The second-order valence-corrected chi connectivity index (χ2v) is 9.06. The number of benzene rings is 2. The molecule has 162 valence electrons. The molecule has 0 bridgehead atoms. The normalized spacial score (nSPS) is 14.6. The van der Waals surface area contributed by atoms with E-state index in [-0.39, 0.29) is 0 Å². The standard InChI is InChI=1S/C22H22Cl3N5S/c23-17-4-1-3-16(13-17)14-28-9-11-29(12-10-28)22(31)26-21-7-8-30(27-21)15-18-19(24)5-2-6-20(18)25/h1-8,13H,9-12,14-15H2,(H,26,27,31). The minimum Gasteiger partial charge on any atom is -0.346 e. The van der Waals surface area contributed by atoms with Crippen molar-refractivity contribution in [1.29, 1.82) is 0 Å². The average Bonchev–Trinajstić information content (AvgIpc) is 3.18. The van der Waals surface area contributed by atoms with Crippen LogP contribution >= 0.6 is 47.0 Å². The van der Waals surface area contributed by atoms with Crippen LogP contribution in [0.1, 0.15) is 11.1 Å². The van der Waals surface area contributed by atoms with Crippen LogP contribution in [0.25, 0.3) is 0 Å². The lowest BCUT2D eigenvalue weighted by Gasteiger charge is -2.36. The van der Waals surface area contributed by atoms with E-state index in [4.69, 9.17) is 47.0 Å². The van der Waals surface area contributed by atoms with Gasteiger partial charge in [-0.05, 0) is 42.0 Å². The van der Waals surface area contributed by atoms with Crippen LogP contribution in [0.4, 0.5) is 5.82 Å². The van der Waals surface area contributed by atoms with Crippen molar-refractivity contribution >= 4 is 58.0 Å². The summed E-state index contributed by atoms with van der Waals surface area (Å²) in [5.74, 6) is 0.703. The van der Waals surface area contributed by atoms with E-state index in [2.05, 4.69) is 26.3 Å². The maximum absolute atomic E-state index is 6.26. The van der Waals surface area contributed by atoms with Gasteiger partial charge in [0, 0.05) is 65.6 Å². The first-order chi connectivity index (χ1) is 15.0. The van der Waals surface area contributed by atoms with Gasteiger partial charge in [0.15, 0.2) is 10.9 Å². The van der Waals surface area contributed by atoms with Crippen molar-refractivity contribution in [3.05, 3.63) is 80.9 Å². The van der Waals surface area contributed by atoms with Gasteiger partial charge < -0.3 is 10.2 Å². The molecule has 0 saturated carbocycles. The Balaban J connectivity index is 1.28. The van der Waals surface area contributed by atoms with Crippen LogP contribution in [-0.4, -0.2) is 50.9 Å². The highest BCUT2D eigenvalue weighted by molar-refractivity contribution is 7.80. The first-order valence-electron chi connectivity index (χ1n) is 9.97. The third-order valence-corrected chi connectivity index (χ3v) is 6.52. The van der Waals surface area contributed by atoms with Gasteiger partial charge in [0.25, 0.3) is 0 Å². The Kier molecular flexibility index (Phi) is 7.35. The number of anilines is 1. The topological polar surface area (TPSA) is 36.3 Å². The molecule has 31 heavy (non-hydrogen) atoms. The number of rotatable bonds is 5. The maximum Gasteiger partial charge on any atom is 0.174 e. The molecule has 3 aromatic rings. The van der Waals surface area contributed by atoms with E-state index >= 15 is 0 Å². The number of halogens is 3. The number of aromatic nitrogens is 2. The van der Waals surface area contributed by atoms with Crippen molar-refractivity contribution in [2.75, 3.05) is 31.5 Å². The van der Waals surface area contributed by atoms with Crippen LogP contribution in [-0.2, 0) is 13.1 Å². The number of thiocarbonyl (C=S) groups is 1. The molecule has 1 aliphatic heterocycles. The van der Waals surface area contributed by atoms with Gasteiger partial charge in [-0.3, -0.25) is 9.58 Å². The molecule has 4 rings (SSSR count). The van der Waals surface area contributed by atoms with E-state index in [1.165, 1.54) is 5.56 Å². The summed E-state index contributed by atoms with van der Waals surface area (Å²) in [5.41, 5.74) is 2.07. The summed E-state index contributed by atoms with van der Waals surface area (Å²) in [6.07, 6.45) is 1.88. The fraction of sp³-hybridized carbons (Fsp3) is 0.273. The molecular weight excluding hydrogens is 473 g/mol. The number of nitrogens with one attached hydrogen (secondary N) is 1. The maximum atomic E-state index is 6.26. The van der Waals surface area contributed by atoms with Crippen molar-refractivity contribution in [2.45, 2.75) is 13.1 Å². The van der Waals surface area contributed by atoms with Crippen molar-refractivity contribution in [3.8, 4) is 0 Å². The predicted molar refractivity (Wildman–Crippen MR) is 132 cm³/mol. The summed E-state index contributed by atoms with van der Waals surface area (Å²) in [5, 5.41) is 10.5. The minimum atomic E-state index is 0.495. The number of nitrogens with zero attached hydrogens (tertiary/aromatic N) is 4. The van der Waals surface area contributed by atoms with Crippen molar-refractivity contribution in [3.63, 3.8) is 0 Å². The molecule has 9 heteroatoms. The highest BCUT2D eigenvalue weighted by Gasteiger charge is 2.19. The number of hydrogen-bond acceptors (Lipinski definition) is 3. The van der Waals surface area contributed by atoms with Crippen LogP contribution in [0.5, 0.6) is 0 Å². The lowest BCUT2D eigenvalue weighted by molar-refractivity contribution is 0.177. The zero-order valence-corrected chi connectivity index (χ0v) is 19.9. The Morgan fingerprint density at radius 1 is 0.935 bits per heavy atom. The van der Waals surface area contributed by atoms with Crippen molar-refractivity contribution < 1.29 is 0 Å². The Bertz CT molecular complexity index is 1040. The summed E-state index contributed by atoms with van der Waals surface area (Å²) in [7, 11) is 0. The van der Waals surface area contributed by atoms with Crippen LogP contribution in [0.15, 0.2) is 54.7 Å². The van der Waals surface area contributed by atoms with Crippen LogP contribution in [0, 0.1) is 0 Å². The molecule has 1 saturated heterocycles. The Morgan fingerprint density at radius 3 is 2.35 bits per heavy atom. The van der Waals surface area contributed by atoms with Crippen LogP contribution in [0.3, 0.4) is 0 Å². The third kappa shape index (κ3) is 5.90. The molecule has 0 radical (unpaired) electrons. The summed E-state index contributed by atoms with van der Waals surface area (Å²) in [6.45, 7) is 4.99. The van der Waals surface area contributed by atoms with Gasteiger partial charge in [0.2, 0.25) is 0 Å². The van der Waals surface area contributed by atoms with Crippen molar-refractivity contribution in [2.24, 2.45) is 0 Å². The first-order valence-corrected chi connectivity index (χ1v) is 11.5. The number of piperazine rings is 1. The molecule has 0 aliphatic carbocycles. The van der Waals surface area contributed by atoms with Gasteiger partial charge in [-0.1, -0.05) is 53.0 Å². The first kappa shape index (κ1) is 22.4. The lowest BCUT2D eigenvalue weighted by atomic mass is 10.2. The second-order valence-electron chi connectivity index (χ2n) is 7.42. The largest absolute Gasteiger partial charge is 0.346 e. The monoisotopic (exact) mass is 493 g/mol. The molecule has 2 heterocycles. The second kappa shape index (κ2) is 10.2. The third-order valence-electron chi connectivity index (χ3n) is 5.21. The van der Waals surface area contributed by atoms with Gasteiger partial charge in [0.1, 0.15) is 0 Å². The molecule has 2 aromatic carbocycles. The van der Waals surface area contributed by atoms with E-state index < -0.39 is 0 Å². The zero-order valence-electron chi connectivity index (χ0n) is 16.8. The average molecular weight is 495 g/mol. The van der Waals surface area contributed by atoms with Crippen LogP contribution in [0.2, 0.25) is 15.1 Å². The van der Waals surface area contributed by atoms with Gasteiger partial charge in [0.05, 0.1) is 6.54 Å². The molecule has 1 aliphatic rings. The van der Waals surface area contributed by atoms with Gasteiger partial charge in [-0.15, -0.1) is 0 Å². The van der Waals surface area contributed by atoms with Crippen LogP contribution < -0.4 is 5.32 Å². The molecule has 1 aromatic heterocycles. The Labute approximate surface area is 202 Å². The highest BCUT2D eigenvalue weighted by Crippen LogP contribution is 2.25.